The topological polar surface area (TPSA) is 72.2 Å². The minimum absolute atomic E-state index is 0.0369. The van der Waals surface area contributed by atoms with Gasteiger partial charge in [-0.05, 0) is 74.7 Å². The third-order valence-corrected chi connectivity index (χ3v) is 6.67. The number of hydrogen-bond donors (Lipinski definition) is 1. The normalized spacial score (nSPS) is 34.8. The van der Waals surface area contributed by atoms with Crippen molar-refractivity contribution in [2.45, 2.75) is 51.5 Å². The van der Waals surface area contributed by atoms with E-state index in [2.05, 4.69) is 12.2 Å². The predicted octanol–water partition coefficient (Wildman–Crippen LogP) is 3.93. The molecule has 0 unspecified atom stereocenters. The summed E-state index contributed by atoms with van der Waals surface area (Å²) in [4.78, 5) is 23.0. The van der Waals surface area contributed by atoms with E-state index in [1.54, 1.807) is 12.1 Å². The van der Waals surface area contributed by atoms with Crippen LogP contribution < -0.4 is 5.32 Å². The Morgan fingerprint density at radius 3 is 2.33 bits per heavy atom. The lowest BCUT2D eigenvalue weighted by atomic mass is 9.48. The molecule has 0 heterocycles. The van der Waals surface area contributed by atoms with E-state index in [9.17, 15) is 14.9 Å². The van der Waals surface area contributed by atoms with Crippen LogP contribution in [-0.2, 0) is 0 Å². The van der Waals surface area contributed by atoms with E-state index in [1.807, 2.05) is 0 Å². The molecule has 0 spiro atoms. The van der Waals surface area contributed by atoms with E-state index in [4.69, 9.17) is 0 Å². The molecule has 1 atom stereocenters. The zero-order chi connectivity index (χ0) is 16.9. The number of nitrogens with zero attached hydrogens (tertiary/aromatic N) is 1. The molecule has 4 bridgehead atoms. The Morgan fingerprint density at radius 1 is 1.21 bits per heavy atom. The van der Waals surface area contributed by atoms with Crippen LogP contribution in [0, 0.1) is 33.3 Å². The summed E-state index contributed by atoms with van der Waals surface area (Å²) in [5, 5.41) is 14.1. The molecule has 5 rings (SSSR count). The molecule has 1 aromatic carbocycles. The highest BCUT2D eigenvalue weighted by Gasteiger charge is 2.53. The number of non-ortho nitro benzene ring substituents is 1. The van der Waals surface area contributed by atoms with Crippen molar-refractivity contribution in [3.05, 3.63) is 39.9 Å². The van der Waals surface area contributed by atoms with Crippen molar-refractivity contribution >= 4 is 11.6 Å². The molecule has 24 heavy (non-hydrogen) atoms. The van der Waals surface area contributed by atoms with Crippen molar-refractivity contribution in [2.24, 2.45) is 23.2 Å². The number of carbonyl (C=O) groups is 1. The molecule has 0 aromatic heterocycles. The van der Waals surface area contributed by atoms with E-state index in [0.717, 1.165) is 17.8 Å². The molecule has 1 aromatic rings. The van der Waals surface area contributed by atoms with Crippen LogP contribution in [0.4, 0.5) is 5.69 Å². The summed E-state index contributed by atoms with van der Waals surface area (Å²) < 4.78 is 0. The van der Waals surface area contributed by atoms with Crippen LogP contribution in [0.1, 0.15) is 55.8 Å². The maximum absolute atomic E-state index is 12.6. The molecule has 1 N–H and O–H groups in total. The van der Waals surface area contributed by atoms with Crippen molar-refractivity contribution in [2.75, 3.05) is 0 Å². The van der Waals surface area contributed by atoms with Crippen LogP contribution in [0.2, 0.25) is 0 Å². The van der Waals surface area contributed by atoms with Crippen LogP contribution in [0.25, 0.3) is 0 Å². The van der Waals surface area contributed by atoms with Gasteiger partial charge in [-0.25, -0.2) is 0 Å². The Kier molecular flexibility index (Phi) is 3.62. The van der Waals surface area contributed by atoms with Gasteiger partial charge in [-0.3, -0.25) is 14.9 Å². The largest absolute Gasteiger partial charge is 0.349 e. The van der Waals surface area contributed by atoms with Gasteiger partial charge in [-0.2, -0.15) is 0 Å². The highest BCUT2D eigenvalue weighted by atomic mass is 16.6. The molecule has 0 saturated heterocycles. The predicted molar refractivity (Wildman–Crippen MR) is 90.6 cm³/mol. The Balaban J connectivity index is 1.50. The molecule has 1 amide bonds. The lowest BCUT2D eigenvalue weighted by Gasteiger charge is -2.59. The number of nitrogens with one attached hydrogen (secondary N) is 1. The average Bonchev–Trinajstić information content (AvgIpc) is 2.53. The van der Waals surface area contributed by atoms with E-state index < -0.39 is 4.92 Å². The van der Waals surface area contributed by atoms with Crippen LogP contribution in [-0.4, -0.2) is 16.9 Å². The van der Waals surface area contributed by atoms with Gasteiger partial charge >= 0.3 is 0 Å². The van der Waals surface area contributed by atoms with Gasteiger partial charge in [0.25, 0.3) is 11.6 Å². The fourth-order valence-electron chi connectivity index (χ4n) is 5.90. The van der Waals surface area contributed by atoms with Crippen molar-refractivity contribution < 1.29 is 9.72 Å². The number of carbonyl (C=O) groups excluding carboxylic acids is 1. The summed E-state index contributed by atoms with van der Waals surface area (Å²) in [5.41, 5.74) is 0.580. The molecule has 4 fully saturated rings. The molecule has 4 saturated carbocycles. The number of benzene rings is 1. The van der Waals surface area contributed by atoms with Gasteiger partial charge in [0.15, 0.2) is 0 Å². The molecule has 0 aliphatic heterocycles. The molecule has 5 heteroatoms. The minimum atomic E-state index is -0.459. The first-order valence-electron chi connectivity index (χ1n) is 9.00. The first kappa shape index (κ1) is 15.6. The first-order chi connectivity index (χ1) is 11.4. The van der Waals surface area contributed by atoms with Gasteiger partial charge < -0.3 is 5.32 Å². The van der Waals surface area contributed by atoms with Crippen LogP contribution in [0.5, 0.6) is 0 Å². The van der Waals surface area contributed by atoms with Crippen LogP contribution in [0.3, 0.4) is 0 Å². The second-order valence-corrected chi connectivity index (χ2v) is 8.28. The lowest BCUT2D eigenvalue weighted by molar-refractivity contribution is -0.384. The lowest BCUT2D eigenvalue weighted by Crippen LogP contribution is -2.55. The molecule has 4 aliphatic rings. The van der Waals surface area contributed by atoms with Gasteiger partial charge in [-0.15, -0.1) is 0 Å². The summed E-state index contributed by atoms with van der Waals surface area (Å²) in [6.07, 6.45) is 7.83. The van der Waals surface area contributed by atoms with Gasteiger partial charge in [0.2, 0.25) is 0 Å². The quantitative estimate of drug-likeness (QED) is 0.672. The van der Waals surface area contributed by atoms with E-state index in [-0.39, 0.29) is 23.1 Å². The van der Waals surface area contributed by atoms with Crippen LogP contribution in [0.15, 0.2) is 24.3 Å². The Labute approximate surface area is 142 Å². The van der Waals surface area contributed by atoms with Gasteiger partial charge in [0.1, 0.15) is 0 Å². The van der Waals surface area contributed by atoms with Crippen molar-refractivity contribution in [1.82, 2.24) is 5.32 Å². The van der Waals surface area contributed by atoms with Crippen molar-refractivity contribution in [1.29, 1.82) is 0 Å². The summed E-state index contributed by atoms with van der Waals surface area (Å²) in [7, 11) is 0. The molecule has 128 valence electrons. The number of hydrogen-bond acceptors (Lipinski definition) is 3. The zero-order valence-corrected chi connectivity index (χ0v) is 14.0. The Morgan fingerprint density at radius 2 is 1.79 bits per heavy atom. The fourth-order valence-corrected chi connectivity index (χ4v) is 5.90. The maximum Gasteiger partial charge on any atom is 0.270 e. The molecule has 5 nitrogen and oxygen atoms in total. The number of nitro groups is 1. The molecular formula is C19H24N2O3. The standard InChI is InChI=1S/C19H24N2O3/c1-12(19-9-13-5-14(10-19)7-15(6-13)11-19)20-18(22)16-3-2-4-17(8-16)21(23)24/h2-4,8,12-15H,5-7,9-11H2,1H3,(H,20,22)/t12-,13?,14?,15?,19?/m1/s1. The van der Waals surface area contributed by atoms with Gasteiger partial charge in [0.05, 0.1) is 4.92 Å². The summed E-state index contributed by atoms with van der Waals surface area (Å²) in [6, 6.07) is 6.12. The highest BCUT2D eigenvalue weighted by Crippen LogP contribution is 2.61. The van der Waals surface area contributed by atoms with Gasteiger partial charge in [-0.1, -0.05) is 6.07 Å². The summed E-state index contributed by atoms with van der Waals surface area (Å²) in [6.45, 7) is 2.13. The van der Waals surface area contributed by atoms with Gasteiger partial charge in [0, 0.05) is 23.7 Å². The Hall–Kier alpha value is -1.91. The SMILES string of the molecule is C[C@@H](NC(=O)c1cccc([N+](=O)[O-])c1)C12CC3CC(CC(C3)C1)C2. The van der Waals surface area contributed by atoms with Crippen molar-refractivity contribution in [3.8, 4) is 0 Å². The number of rotatable bonds is 4. The maximum atomic E-state index is 12.6. The number of amides is 1. The third kappa shape index (κ3) is 2.60. The second kappa shape index (κ2) is 5.57. The average molecular weight is 328 g/mol. The molecule has 4 aliphatic carbocycles. The molecular weight excluding hydrogens is 304 g/mol. The monoisotopic (exact) mass is 328 g/mol. The van der Waals surface area contributed by atoms with E-state index >= 15 is 0 Å². The zero-order valence-electron chi connectivity index (χ0n) is 14.0. The Bertz CT molecular complexity index is 650. The van der Waals surface area contributed by atoms with E-state index in [1.165, 1.54) is 50.7 Å². The van der Waals surface area contributed by atoms with Crippen molar-refractivity contribution in [3.63, 3.8) is 0 Å². The minimum Gasteiger partial charge on any atom is -0.349 e. The van der Waals surface area contributed by atoms with E-state index in [0.29, 0.717) is 5.56 Å². The highest BCUT2D eigenvalue weighted by molar-refractivity contribution is 5.95. The summed E-state index contributed by atoms with van der Waals surface area (Å²) in [5.74, 6) is 2.33. The molecule has 0 radical (unpaired) electrons. The first-order valence-corrected chi connectivity index (χ1v) is 9.00. The second-order valence-electron chi connectivity index (χ2n) is 8.28. The van der Waals surface area contributed by atoms with Crippen LogP contribution >= 0.6 is 0 Å². The smallest absolute Gasteiger partial charge is 0.270 e. The summed E-state index contributed by atoms with van der Waals surface area (Å²) >= 11 is 0. The third-order valence-electron chi connectivity index (χ3n) is 6.67. The fraction of sp³-hybridized carbons (Fsp3) is 0.632. The number of nitro benzene ring substituents is 1.